The maximum Gasteiger partial charge on any atom is 0.255 e. The Morgan fingerprint density at radius 3 is 2.60 bits per heavy atom. The number of carbonyl (C=O) groups excluding carboxylic acids is 3. The number of fused-ring (bicyclic) bond motifs is 1. The average Bonchev–Trinajstić information content (AvgIpc) is 2.69. The molecule has 1 aromatic rings. The minimum absolute atomic E-state index is 0.0109. The van der Waals surface area contributed by atoms with E-state index in [1.54, 1.807) is 12.1 Å². The van der Waals surface area contributed by atoms with E-state index in [1.165, 1.54) is 24.8 Å². The van der Waals surface area contributed by atoms with Crippen molar-refractivity contribution in [2.75, 3.05) is 0 Å². The molecule has 0 aromatic heterocycles. The smallest absolute Gasteiger partial charge is 0.255 e. The standard InChI is InChI=1S/C15H17NO4/c1-9(17)6-7-13(10(2)18)16-8-12-11(15(16)20)4-3-5-14(12)19/h3-5,13,19H,6-8H2,1-2H3. The summed E-state index contributed by atoms with van der Waals surface area (Å²) in [5.74, 6) is -0.359. The van der Waals surface area contributed by atoms with Gasteiger partial charge in [0.1, 0.15) is 11.5 Å². The molecule has 1 aromatic carbocycles. The molecule has 1 aliphatic rings. The maximum atomic E-state index is 12.3. The Balaban J connectivity index is 2.25. The SMILES string of the molecule is CC(=O)CCC(C(C)=O)N1Cc2c(O)cccc2C1=O. The van der Waals surface area contributed by atoms with Crippen LogP contribution in [0.25, 0.3) is 0 Å². The normalized spacial score (nSPS) is 15.1. The summed E-state index contributed by atoms with van der Waals surface area (Å²) in [5, 5.41) is 9.79. The quantitative estimate of drug-likeness (QED) is 0.887. The van der Waals surface area contributed by atoms with Crippen molar-refractivity contribution in [3.05, 3.63) is 29.3 Å². The number of carbonyl (C=O) groups is 3. The Hall–Kier alpha value is -2.17. The third-order valence-corrected chi connectivity index (χ3v) is 3.59. The number of hydrogen-bond acceptors (Lipinski definition) is 4. The molecule has 20 heavy (non-hydrogen) atoms. The lowest BCUT2D eigenvalue weighted by Gasteiger charge is -2.25. The summed E-state index contributed by atoms with van der Waals surface area (Å²) in [6, 6.07) is 4.15. The number of hydrogen-bond donors (Lipinski definition) is 1. The number of Topliss-reactive ketones (excluding diaryl/α,β-unsaturated/α-hetero) is 2. The van der Waals surface area contributed by atoms with Gasteiger partial charge < -0.3 is 14.8 Å². The Bertz CT molecular complexity index is 579. The predicted molar refractivity (Wildman–Crippen MR) is 72.4 cm³/mol. The Labute approximate surface area is 117 Å². The zero-order valence-corrected chi connectivity index (χ0v) is 11.5. The van der Waals surface area contributed by atoms with Gasteiger partial charge in [0, 0.05) is 17.5 Å². The van der Waals surface area contributed by atoms with Crippen molar-refractivity contribution in [3.63, 3.8) is 0 Å². The lowest BCUT2D eigenvalue weighted by molar-refractivity contribution is -0.122. The Morgan fingerprint density at radius 2 is 2.05 bits per heavy atom. The average molecular weight is 275 g/mol. The molecule has 106 valence electrons. The highest BCUT2D eigenvalue weighted by molar-refractivity contribution is 6.01. The zero-order valence-electron chi connectivity index (χ0n) is 11.5. The number of nitrogens with zero attached hydrogens (tertiary/aromatic N) is 1. The third kappa shape index (κ3) is 2.57. The van der Waals surface area contributed by atoms with Gasteiger partial charge in [0.2, 0.25) is 0 Å². The summed E-state index contributed by atoms with van der Waals surface area (Å²) in [5.41, 5.74) is 0.977. The Morgan fingerprint density at radius 1 is 1.35 bits per heavy atom. The van der Waals surface area contributed by atoms with E-state index in [2.05, 4.69) is 0 Å². The summed E-state index contributed by atoms with van der Waals surface area (Å²) in [7, 11) is 0. The first-order chi connectivity index (χ1) is 9.41. The van der Waals surface area contributed by atoms with Crippen molar-refractivity contribution >= 4 is 17.5 Å². The third-order valence-electron chi connectivity index (χ3n) is 3.59. The van der Waals surface area contributed by atoms with E-state index in [4.69, 9.17) is 0 Å². The van der Waals surface area contributed by atoms with Crippen molar-refractivity contribution in [1.82, 2.24) is 4.90 Å². The van der Waals surface area contributed by atoms with Crippen molar-refractivity contribution in [2.45, 2.75) is 39.3 Å². The summed E-state index contributed by atoms with van der Waals surface area (Å²) in [6.45, 7) is 3.09. The zero-order chi connectivity index (χ0) is 14.9. The molecular weight excluding hydrogens is 258 g/mol. The molecule has 5 heteroatoms. The molecule has 1 unspecified atom stereocenters. The monoisotopic (exact) mass is 275 g/mol. The summed E-state index contributed by atoms with van der Waals surface area (Å²) in [4.78, 5) is 36.6. The fourth-order valence-electron chi connectivity index (χ4n) is 2.51. The van der Waals surface area contributed by atoms with Gasteiger partial charge in [-0.15, -0.1) is 0 Å². The van der Waals surface area contributed by atoms with Crippen LogP contribution in [0.5, 0.6) is 5.75 Å². The molecule has 2 rings (SSSR count). The molecule has 0 saturated carbocycles. The molecule has 0 fully saturated rings. The first-order valence-electron chi connectivity index (χ1n) is 6.53. The number of rotatable bonds is 5. The molecule has 1 heterocycles. The number of amides is 1. The van der Waals surface area contributed by atoms with E-state index >= 15 is 0 Å². The van der Waals surface area contributed by atoms with Gasteiger partial charge in [-0.25, -0.2) is 0 Å². The number of ketones is 2. The fourth-order valence-corrected chi connectivity index (χ4v) is 2.51. The van der Waals surface area contributed by atoms with Crippen molar-refractivity contribution < 1.29 is 19.5 Å². The van der Waals surface area contributed by atoms with Crippen LogP contribution in [-0.2, 0) is 16.1 Å². The van der Waals surface area contributed by atoms with Crippen LogP contribution in [0.2, 0.25) is 0 Å². The maximum absolute atomic E-state index is 12.3. The summed E-state index contributed by atoms with van der Waals surface area (Å²) in [6.07, 6.45) is 0.585. The van der Waals surface area contributed by atoms with E-state index in [0.29, 0.717) is 17.5 Å². The van der Waals surface area contributed by atoms with Gasteiger partial charge >= 0.3 is 0 Å². The molecule has 0 spiro atoms. The van der Waals surface area contributed by atoms with Crippen molar-refractivity contribution in [2.24, 2.45) is 0 Å². The lowest BCUT2D eigenvalue weighted by Crippen LogP contribution is -2.40. The molecular formula is C15H17NO4. The minimum Gasteiger partial charge on any atom is -0.508 e. The summed E-state index contributed by atoms with van der Waals surface area (Å²) >= 11 is 0. The van der Waals surface area contributed by atoms with Crippen LogP contribution in [0, 0.1) is 0 Å². The second-order valence-electron chi connectivity index (χ2n) is 5.10. The van der Waals surface area contributed by atoms with Crippen LogP contribution < -0.4 is 0 Å². The molecule has 5 nitrogen and oxygen atoms in total. The van der Waals surface area contributed by atoms with Crippen molar-refractivity contribution in [3.8, 4) is 5.75 Å². The molecule has 0 saturated heterocycles. The van der Waals surface area contributed by atoms with Gasteiger partial charge in [0.25, 0.3) is 5.91 Å². The topological polar surface area (TPSA) is 74.7 Å². The minimum atomic E-state index is -0.613. The van der Waals surface area contributed by atoms with E-state index in [-0.39, 0.29) is 36.2 Å². The van der Waals surface area contributed by atoms with E-state index < -0.39 is 6.04 Å². The van der Waals surface area contributed by atoms with E-state index in [1.807, 2.05) is 0 Å². The van der Waals surface area contributed by atoms with Crippen LogP contribution >= 0.6 is 0 Å². The molecule has 1 aliphatic heterocycles. The van der Waals surface area contributed by atoms with Gasteiger partial charge in [-0.3, -0.25) is 9.59 Å². The summed E-state index contributed by atoms with van der Waals surface area (Å²) < 4.78 is 0. The highest BCUT2D eigenvalue weighted by Crippen LogP contribution is 2.32. The van der Waals surface area contributed by atoms with Gasteiger partial charge in [-0.05, 0) is 32.4 Å². The van der Waals surface area contributed by atoms with Gasteiger partial charge in [-0.1, -0.05) is 6.07 Å². The number of benzene rings is 1. The van der Waals surface area contributed by atoms with Crippen LogP contribution in [0.4, 0.5) is 0 Å². The molecule has 0 radical (unpaired) electrons. The second-order valence-corrected chi connectivity index (χ2v) is 5.10. The fraction of sp³-hybridized carbons (Fsp3) is 0.400. The van der Waals surface area contributed by atoms with Crippen LogP contribution in [0.3, 0.4) is 0 Å². The molecule has 1 N–H and O–H groups in total. The van der Waals surface area contributed by atoms with Gasteiger partial charge in [0.05, 0.1) is 12.6 Å². The van der Waals surface area contributed by atoms with Crippen molar-refractivity contribution in [1.29, 1.82) is 0 Å². The van der Waals surface area contributed by atoms with Crippen LogP contribution in [0.15, 0.2) is 18.2 Å². The molecule has 1 amide bonds. The Kier molecular flexibility index (Phi) is 3.88. The van der Waals surface area contributed by atoms with E-state index in [0.717, 1.165) is 0 Å². The second kappa shape index (κ2) is 5.45. The number of aromatic hydroxyl groups is 1. The predicted octanol–water partition coefficient (Wildman–Crippen LogP) is 1.67. The largest absolute Gasteiger partial charge is 0.508 e. The first-order valence-corrected chi connectivity index (χ1v) is 6.53. The highest BCUT2D eigenvalue weighted by Gasteiger charge is 2.35. The lowest BCUT2D eigenvalue weighted by atomic mass is 10.0. The first kappa shape index (κ1) is 14.2. The molecule has 0 bridgehead atoms. The van der Waals surface area contributed by atoms with Crippen LogP contribution in [0.1, 0.15) is 42.6 Å². The number of phenolic OH excluding ortho intramolecular Hbond substituents is 1. The van der Waals surface area contributed by atoms with Crippen LogP contribution in [-0.4, -0.2) is 33.5 Å². The van der Waals surface area contributed by atoms with E-state index in [9.17, 15) is 19.5 Å². The van der Waals surface area contributed by atoms with Gasteiger partial charge in [0.15, 0.2) is 5.78 Å². The highest BCUT2D eigenvalue weighted by atomic mass is 16.3. The molecule has 1 atom stereocenters. The number of phenols is 1. The molecule has 0 aliphatic carbocycles. The van der Waals surface area contributed by atoms with Gasteiger partial charge in [-0.2, -0.15) is 0 Å².